The van der Waals surface area contributed by atoms with E-state index in [4.69, 9.17) is 10.8 Å². The van der Waals surface area contributed by atoms with Gasteiger partial charge in [0.15, 0.2) is 0 Å². The Labute approximate surface area is 100 Å². The van der Waals surface area contributed by atoms with Gasteiger partial charge in [-0.25, -0.2) is 4.99 Å². The van der Waals surface area contributed by atoms with Crippen LogP contribution in [0.25, 0.3) is 0 Å². The van der Waals surface area contributed by atoms with Crippen molar-refractivity contribution in [3.05, 3.63) is 25.3 Å². The van der Waals surface area contributed by atoms with E-state index in [1.807, 2.05) is 0 Å². The zero-order valence-electron chi connectivity index (χ0n) is 9.67. The number of carboxylic acid groups (broad SMARTS) is 1. The van der Waals surface area contributed by atoms with Crippen molar-refractivity contribution in [2.75, 3.05) is 0 Å². The Morgan fingerprint density at radius 2 is 2.29 bits per heavy atom. The lowest BCUT2D eigenvalue weighted by Gasteiger charge is -2.23. The second kappa shape index (κ2) is 5.54. The van der Waals surface area contributed by atoms with E-state index in [-0.39, 0.29) is 6.42 Å². The van der Waals surface area contributed by atoms with Crippen molar-refractivity contribution in [3.63, 3.8) is 0 Å². The Balaban J connectivity index is 2.85. The molecule has 17 heavy (non-hydrogen) atoms. The van der Waals surface area contributed by atoms with Gasteiger partial charge in [0.25, 0.3) is 0 Å². The summed E-state index contributed by atoms with van der Waals surface area (Å²) in [6.07, 6.45) is 6.38. The molecule has 0 aliphatic carbocycles. The third kappa shape index (κ3) is 3.35. The number of hydrogen-bond donors (Lipinski definition) is 2. The van der Waals surface area contributed by atoms with Gasteiger partial charge in [-0.2, -0.15) is 0 Å². The molecule has 1 rings (SSSR count). The van der Waals surface area contributed by atoms with Gasteiger partial charge in [-0.05, 0) is 6.42 Å². The molecule has 2 atom stereocenters. The van der Waals surface area contributed by atoms with Crippen molar-refractivity contribution in [1.29, 1.82) is 0 Å². The molecule has 0 radical (unpaired) electrons. The minimum Gasteiger partial charge on any atom is -0.480 e. The van der Waals surface area contributed by atoms with Gasteiger partial charge < -0.3 is 10.8 Å². The smallest absolute Gasteiger partial charge is 0.320 e. The summed E-state index contributed by atoms with van der Waals surface area (Å²) >= 11 is 0. The summed E-state index contributed by atoms with van der Waals surface area (Å²) in [5, 5.41) is 8.83. The molecule has 3 N–H and O–H groups in total. The molecule has 92 valence electrons. The Hall–Kier alpha value is -1.75. The van der Waals surface area contributed by atoms with Crippen molar-refractivity contribution >= 4 is 18.0 Å². The lowest BCUT2D eigenvalue weighted by molar-refractivity contribution is -0.138. The maximum Gasteiger partial charge on any atom is 0.320 e. The summed E-state index contributed by atoms with van der Waals surface area (Å²) in [6, 6.07) is -0.951. The number of rotatable bonds is 7. The van der Waals surface area contributed by atoms with Crippen LogP contribution in [0.15, 0.2) is 35.3 Å². The number of nitrogens with zero attached hydrogens (tertiary/aromatic N) is 2. The number of nitrogens with two attached hydrogens (primary N) is 1. The number of hydrogen-bond acceptors (Lipinski definition) is 4. The van der Waals surface area contributed by atoms with Crippen LogP contribution < -0.4 is 5.73 Å². The van der Waals surface area contributed by atoms with Gasteiger partial charge in [0.05, 0.1) is 0 Å². The van der Waals surface area contributed by atoms with Gasteiger partial charge >= 0.3 is 5.97 Å². The average Bonchev–Trinajstić information content (AvgIpc) is 2.62. The number of amidine groups is 1. The third-order valence-corrected chi connectivity index (χ3v) is 2.52. The standard InChI is InChI=1S/C12H17N3O2/c1-3-5-10-14-8-12(15-10,6-4-2)7-9(13)11(16)17/h3-4,8-9H,1-2,5-7,13H2,(H,16,17)/t9-,12?/m0/s1. The fourth-order valence-corrected chi connectivity index (χ4v) is 1.73. The molecule has 0 fully saturated rings. The topological polar surface area (TPSA) is 88.0 Å². The van der Waals surface area contributed by atoms with E-state index in [2.05, 4.69) is 23.1 Å². The van der Waals surface area contributed by atoms with Crippen LogP contribution in [-0.2, 0) is 4.79 Å². The van der Waals surface area contributed by atoms with Crippen molar-refractivity contribution in [2.45, 2.75) is 30.8 Å². The molecule has 0 aromatic rings. The molecule has 5 heteroatoms. The van der Waals surface area contributed by atoms with E-state index in [9.17, 15) is 4.79 Å². The zero-order chi connectivity index (χ0) is 12.9. The summed E-state index contributed by atoms with van der Waals surface area (Å²) in [4.78, 5) is 19.4. The first kappa shape index (κ1) is 13.3. The van der Waals surface area contributed by atoms with E-state index in [0.717, 1.165) is 0 Å². The lowest BCUT2D eigenvalue weighted by atomic mass is 9.90. The predicted octanol–water partition coefficient (Wildman–Crippen LogP) is 1.16. The van der Waals surface area contributed by atoms with E-state index in [0.29, 0.717) is 18.7 Å². The highest BCUT2D eigenvalue weighted by Crippen LogP contribution is 2.26. The van der Waals surface area contributed by atoms with E-state index >= 15 is 0 Å². The Kier molecular flexibility index (Phi) is 4.34. The zero-order valence-corrected chi connectivity index (χ0v) is 9.67. The SMILES string of the molecule is C=CCC1=NC(CC=C)(C[C@H](N)C(=O)O)C=N1. The molecule has 5 nitrogen and oxygen atoms in total. The number of carboxylic acids is 1. The minimum atomic E-state index is -1.03. The van der Waals surface area contributed by atoms with Gasteiger partial charge in [-0.1, -0.05) is 12.2 Å². The Bertz CT molecular complexity index is 387. The van der Waals surface area contributed by atoms with E-state index < -0.39 is 17.6 Å². The molecule has 0 saturated carbocycles. The van der Waals surface area contributed by atoms with E-state index in [1.165, 1.54) is 0 Å². The van der Waals surface area contributed by atoms with Crippen LogP contribution in [0.5, 0.6) is 0 Å². The van der Waals surface area contributed by atoms with Crippen LogP contribution in [0.2, 0.25) is 0 Å². The highest BCUT2D eigenvalue weighted by Gasteiger charge is 2.34. The molecule has 1 heterocycles. The number of carbonyl (C=O) groups is 1. The molecule has 1 aliphatic heterocycles. The van der Waals surface area contributed by atoms with Gasteiger partial charge in [-0.3, -0.25) is 9.79 Å². The van der Waals surface area contributed by atoms with Gasteiger partial charge in [0, 0.05) is 19.1 Å². The summed E-state index contributed by atoms with van der Waals surface area (Å²) in [5.41, 5.74) is 4.89. The fourth-order valence-electron chi connectivity index (χ4n) is 1.73. The van der Waals surface area contributed by atoms with Gasteiger partial charge in [0.2, 0.25) is 0 Å². The third-order valence-electron chi connectivity index (χ3n) is 2.52. The summed E-state index contributed by atoms with van der Waals surface area (Å²) in [5.74, 6) is -0.381. The number of aliphatic imine (C=N–C) groups is 2. The summed E-state index contributed by atoms with van der Waals surface area (Å²) in [7, 11) is 0. The first-order valence-electron chi connectivity index (χ1n) is 5.37. The predicted molar refractivity (Wildman–Crippen MR) is 68.5 cm³/mol. The van der Waals surface area contributed by atoms with Crippen molar-refractivity contribution in [2.24, 2.45) is 15.7 Å². The molecule has 0 aromatic carbocycles. The molecule has 1 aliphatic rings. The maximum absolute atomic E-state index is 10.8. The fraction of sp³-hybridized carbons (Fsp3) is 0.417. The van der Waals surface area contributed by atoms with Gasteiger partial charge in [-0.15, -0.1) is 13.2 Å². The molecule has 1 unspecified atom stereocenters. The van der Waals surface area contributed by atoms with E-state index in [1.54, 1.807) is 18.4 Å². The molecule has 0 bridgehead atoms. The first-order chi connectivity index (χ1) is 8.03. The maximum atomic E-state index is 10.8. The van der Waals surface area contributed by atoms with Crippen LogP contribution in [0.4, 0.5) is 0 Å². The molecule has 0 amide bonds. The average molecular weight is 235 g/mol. The highest BCUT2D eigenvalue weighted by molar-refractivity contribution is 5.99. The summed E-state index contributed by atoms with van der Waals surface area (Å²) in [6.45, 7) is 7.27. The quantitative estimate of drug-likeness (QED) is 0.649. The Morgan fingerprint density at radius 1 is 1.59 bits per heavy atom. The van der Waals surface area contributed by atoms with Crippen molar-refractivity contribution in [1.82, 2.24) is 0 Å². The van der Waals surface area contributed by atoms with Crippen LogP contribution in [0, 0.1) is 0 Å². The second-order valence-electron chi connectivity index (χ2n) is 4.02. The largest absolute Gasteiger partial charge is 0.480 e. The lowest BCUT2D eigenvalue weighted by Crippen LogP contribution is -2.40. The molecular weight excluding hydrogens is 218 g/mol. The van der Waals surface area contributed by atoms with Crippen LogP contribution >= 0.6 is 0 Å². The molecule has 0 aromatic heterocycles. The van der Waals surface area contributed by atoms with Crippen LogP contribution in [0.1, 0.15) is 19.3 Å². The molecule has 0 saturated heterocycles. The monoisotopic (exact) mass is 235 g/mol. The van der Waals surface area contributed by atoms with Gasteiger partial charge in [0.1, 0.15) is 17.4 Å². The van der Waals surface area contributed by atoms with Crippen molar-refractivity contribution < 1.29 is 9.90 Å². The molecule has 0 spiro atoms. The Morgan fingerprint density at radius 3 is 2.82 bits per heavy atom. The van der Waals surface area contributed by atoms with Crippen LogP contribution in [-0.4, -0.2) is 34.7 Å². The second-order valence-corrected chi connectivity index (χ2v) is 4.02. The minimum absolute atomic E-state index is 0.221. The first-order valence-corrected chi connectivity index (χ1v) is 5.37. The summed E-state index contributed by atoms with van der Waals surface area (Å²) < 4.78 is 0. The molecular formula is C12H17N3O2. The van der Waals surface area contributed by atoms with Crippen molar-refractivity contribution in [3.8, 4) is 0 Å². The number of aliphatic carboxylic acids is 1. The highest BCUT2D eigenvalue weighted by atomic mass is 16.4. The van der Waals surface area contributed by atoms with Crippen LogP contribution in [0.3, 0.4) is 0 Å². The normalized spacial score (nSPS) is 24.2.